The fourth-order valence-corrected chi connectivity index (χ4v) is 3.93. The van der Waals surface area contributed by atoms with Gasteiger partial charge < -0.3 is 0 Å². The SMILES string of the molecule is CC1CCCC(Nc2cccc3n[se]nc23)CC1. The van der Waals surface area contributed by atoms with Gasteiger partial charge in [0, 0.05) is 0 Å². The zero-order valence-electron chi connectivity index (χ0n) is 10.7. The van der Waals surface area contributed by atoms with E-state index in [2.05, 4.69) is 38.4 Å². The maximum atomic E-state index is 4.54. The number of nitrogens with one attached hydrogen (secondary N) is 1. The molecule has 0 bridgehead atoms. The van der Waals surface area contributed by atoms with E-state index in [4.69, 9.17) is 0 Å². The van der Waals surface area contributed by atoms with E-state index in [-0.39, 0.29) is 15.0 Å². The Morgan fingerprint density at radius 3 is 3.06 bits per heavy atom. The van der Waals surface area contributed by atoms with Crippen LogP contribution in [0.25, 0.3) is 11.0 Å². The van der Waals surface area contributed by atoms with E-state index >= 15 is 0 Å². The van der Waals surface area contributed by atoms with E-state index in [0.717, 1.165) is 17.0 Å². The second kappa shape index (κ2) is 5.41. The van der Waals surface area contributed by atoms with Gasteiger partial charge in [0.25, 0.3) is 0 Å². The monoisotopic (exact) mass is 309 g/mol. The van der Waals surface area contributed by atoms with Crippen molar-refractivity contribution >= 4 is 31.7 Å². The molecule has 0 saturated heterocycles. The van der Waals surface area contributed by atoms with Gasteiger partial charge in [-0.05, 0) is 0 Å². The molecule has 1 heterocycles. The van der Waals surface area contributed by atoms with Gasteiger partial charge in [0.2, 0.25) is 0 Å². The quantitative estimate of drug-likeness (QED) is 0.684. The molecule has 1 aromatic carbocycles. The molecule has 3 rings (SSSR count). The average molecular weight is 308 g/mol. The van der Waals surface area contributed by atoms with Crippen molar-refractivity contribution in [2.45, 2.75) is 45.1 Å². The molecule has 96 valence electrons. The number of fused-ring (bicyclic) bond motifs is 1. The first-order valence-electron chi connectivity index (χ1n) is 6.81. The van der Waals surface area contributed by atoms with Gasteiger partial charge in [-0.25, -0.2) is 0 Å². The number of hydrogen-bond acceptors (Lipinski definition) is 3. The van der Waals surface area contributed by atoms with Crippen LogP contribution in [-0.2, 0) is 0 Å². The minimum atomic E-state index is 0.0675. The van der Waals surface area contributed by atoms with E-state index in [0.29, 0.717) is 6.04 Å². The van der Waals surface area contributed by atoms with Crippen LogP contribution >= 0.6 is 0 Å². The average Bonchev–Trinajstić information content (AvgIpc) is 2.76. The van der Waals surface area contributed by atoms with Gasteiger partial charge >= 0.3 is 114 Å². The Hall–Kier alpha value is -0.861. The molecule has 4 heteroatoms. The Bertz CT molecular complexity index is 522. The first-order valence-corrected chi connectivity index (χ1v) is 8.34. The molecule has 1 N–H and O–H groups in total. The fourth-order valence-electron chi connectivity index (χ4n) is 2.77. The van der Waals surface area contributed by atoms with Crippen LogP contribution in [0.3, 0.4) is 0 Å². The Balaban J connectivity index is 1.77. The van der Waals surface area contributed by atoms with Crippen molar-refractivity contribution in [1.82, 2.24) is 7.96 Å². The van der Waals surface area contributed by atoms with Crippen LogP contribution in [0.1, 0.15) is 39.0 Å². The van der Waals surface area contributed by atoms with Crippen molar-refractivity contribution in [2.24, 2.45) is 5.92 Å². The summed E-state index contributed by atoms with van der Waals surface area (Å²) < 4.78 is 8.98. The summed E-state index contributed by atoms with van der Waals surface area (Å²) in [5, 5.41) is 3.70. The Labute approximate surface area is 114 Å². The standard InChI is InChI=1S/C14H19N3Se/c1-10-4-2-5-11(9-8-10)15-12-6-3-7-13-14(12)17-18-16-13/h3,6-7,10-11,15H,2,4-5,8-9H2,1H3. The number of rotatable bonds is 2. The Kier molecular flexibility index (Phi) is 3.67. The van der Waals surface area contributed by atoms with E-state index in [1.54, 1.807) is 0 Å². The predicted molar refractivity (Wildman–Crippen MR) is 76.1 cm³/mol. The van der Waals surface area contributed by atoms with Crippen molar-refractivity contribution in [3.8, 4) is 0 Å². The number of benzene rings is 1. The van der Waals surface area contributed by atoms with Crippen molar-refractivity contribution in [1.29, 1.82) is 0 Å². The molecular weight excluding hydrogens is 289 g/mol. The maximum absolute atomic E-state index is 4.54. The van der Waals surface area contributed by atoms with Gasteiger partial charge in [-0.2, -0.15) is 0 Å². The summed E-state index contributed by atoms with van der Waals surface area (Å²) >= 11 is 0.0675. The third-order valence-corrected chi connectivity index (χ3v) is 5.04. The van der Waals surface area contributed by atoms with E-state index in [1.165, 1.54) is 37.8 Å². The van der Waals surface area contributed by atoms with Crippen LogP contribution in [0.5, 0.6) is 0 Å². The summed E-state index contributed by atoms with van der Waals surface area (Å²) in [6.45, 7) is 2.37. The van der Waals surface area contributed by atoms with Crippen LogP contribution < -0.4 is 5.32 Å². The van der Waals surface area contributed by atoms with E-state index in [1.807, 2.05) is 0 Å². The van der Waals surface area contributed by atoms with Gasteiger partial charge in [0.15, 0.2) is 0 Å². The molecule has 0 amide bonds. The van der Waals surface area contributed by atoms with Crippen molar-refractivity contribution in [3.63, 3.8) is 0 Å². The zero-order valence-corrected chi connectivity index (χ0v) is 12.4. The van der Waals surface area contributed by atoms with Gasteiger partial charge in [-0.15, -0.1) is 0 Å². The van der Waals surface area contributed by atoms with Gasteiger partial charge in [-0.3, -0.25) is 0 Å². The molecule has 1 aliphatic rings. The van der Waals surface area contributed by atoms with Crippen LogP contribution in [0.2, 0.25) is 0 Å². The van der Waals surface area contributed by atoms with Gasteiger partial charge in [0.05, 0.1) is 0 Å². The summed E-state index contributed by atoms with van der Waals surface area (Å²) in [6.07, 6.45) is 6.65. The topological polar surface area (TPSA) is 37.8 Å². The predicted octanol–water partition coefficient (Wildman–Crippen LogP) is 3.07. The minimum absolute atomic E-state index is 0.0675. The second-order valence-electron chi connectivity index (χ2n) is 5.39. The van der Waals surface area contributed by atoms with Gasteiger partial charge in [0.1, 0.15) is 0 Å². The van der Waals surface area contributed by atoms with Crippen LogP contribution in [0.15, 0.2) is 18.2 Å². The van der Waals surface area contributed by atoms with Crippen molar-refractivity contribution < 1.29 is 0 Å². The summed E-state index contributed by atoms with van der Waals surface area (Å²) in [5.74, 6) is 0.890. The molecule has 3 nitrogen and oxygen atoms in total. The Morgan fingerprint density at radius 2 is 2.11 bits per heavy atom. The molecule has 0 aliphatic heterocycles. The summed E-state index contributed by atoms with van der Waals surface area (Å²) in [4.78, 5) is 0. The van der Waals surface area contributed by atoms with Crippen molar-refractivity contribution in [3.05, 3.63) is 18.2 Å². The Morgan fingerprint density at radius 1 is 1.17 bits per heavy atom. The normalized spacial score (nSPS) is 24.9. The number of aromatic nitrogens is 2. The molecular formula is C14H19N3Se. The zero-order chi connectivity index (χ0) is 12.4. The summed E-state index contributed by atoms with van der Waals surface area (Å²) in [6, 6.07) is 6.91. The molecule has 1 fully saturated rings. The van der Waals surface area contributed by atoms with Crippen LogP contribution in [0, 0.1) is 5.92 Å². The van der Waals surface area contributed by atoms with Crippen LogP contribution in [0.4, 0.5) is 5.69 Å². The fraction of sp³-hybridized carbons (Fsp3) is 0.571. The summed E-state index contributed by atoms with van der Waals surface area (Å²) in [5.41, 5.74) is 3.35. The first kappa shape index (κ1) is 12.2. The molecule has 2 aromatic rings. The van der Waals surface area contributed by atoms with E-state index < -0.39 is 0 Å². The van der Waals surface area contributed by atoms with Crippen LogP contribution in [-0.4, -0.2) is 29.0 Å². The molecule has 0 radical (unpaired) electrons. The molecule has 2 unspecified atom stereocenters. The number of hydrogen-bond donors (Lipinski definition) is 1. The molecule has 18 heavy (non-hydrogen) atoms. The molecule has 2 atom stereocenters. The number of anilines is 1. The third-order valence-electron chi connectivity index (χ3n) is 3.90. The second-order valence-corrected chi connectivity index (χ2v) is 6.50. The van der Waals surface area contributed by atoms with Gasteiger partial charge in [-0.1, -0.05) is 0 Å². The number of nitrogens with zero attached hydrogens (tertiary/aromatic N) is 2. The molecule has 1 aliphatic carbocycles. The van der Waals surface area contributed by atoms with Crippen molar-refractivity contribution in [2.75, 3.05) is 5.32 Å². The molecule has 1 aromatic heterocycles. The first-order chi connectivity index (χ1) is 8.83. The van der Waals surface area contributed by atoms with E-state index in [9.17, 15) is 0 Å². The third kappa shape index (κ3) is 2.60. The molecule has 0 spiro atoms. The summed E-state index contributed by atoms with van der Waals surface area (Å²) in [7, 11) is 0. The molecule has 1 saturated carbocycles.